The number of rotatable bonds is 4. The summed E-state index contributed by atoms with van der Waals surface area (Å²) >= 11 is 6.27. The van der Waals surface area contributed by atoms with Gasteiger partial charge in [0.1, 0.15) is 18.2 Å². The van der Waals surface area contributed by atoms with Gasteiger partial charge in [-0.2, -0.15) is 5.10 Å². The van der Waals surface area contributed by atoms with Gasteiger partial charge in [0.05, 0.1) is 40.8 Å². The summed E-state index contributed by atoms with van der Waals surface area (Å²) in [4.78, 5) is 19.2. The summed E-state index contributed by atoms with van der Waals surface area (Å²) in [7, 11) is 0. The number of benzene rings is 1. The number of fused-ring (bicyclic) bond motifs is 3. The molecule has 3 aromatic rings. The van der Waals surface area contributed by atoms with Crippen molar-refractivity contribution in [3.63, 3.8) is 0 Å². The Balaban J connectivity index is 0.00000240. The lowest BCUT2D eigenvalue weighted by Crippen LogP contribution is -2.27. The third-order valence-corrected chi connectivity index (χ3v) is 5.34. The van der Waals surface area contributed by atoms with Crippen LogP contribution in [0.2, 0.25) is 5.02 Å². The highest BCUT2D eigenvalue weighted by Crippen LogP contribution is 2.31. The lowest BCUT2D eigenvalue weighted by atomic mass is 10.1. The summed E-state index contributed by atoms with van der Waals surface area (Å²) < 4.78 is 20.8. The SMILES string of the molecule is Cc1nc2c3c(nn2c(C)c1Cl)CN(C(=O)c1ccc(F)cc1OCCN)C3.Cl. The fraction of sp³-hybridized carbons (Fsp3) is 0.316. The number of carbonyl (C=O) groups is 1. The molecule has 29 heavy (non-hydrogen) atoms. The second-order valence-corrected chi connectivity index (χ2v) is 7.07. The number of nitrogens with zero attached hydrogens (tertiary/aromatic N) is 4. The summed E-state index contributed by atoms with van der Waals surface area (Å²) in [5, 5.41) is 5.15. The zero-order valence-corrected chi connectivity index (χ0v) is 17.5. The van der Waals surface area contributed by atoms with Gasteiger partial charge in [-0.15, -0.1) is 12.4 Å². The van der Waals surface area contributed by atoms with Gasteiger partial charge in [-0.3, -0.25) is 4.79 Å². The number of hydrogen-bond acceptors (Lipinski definition) is 5. The normalized spacial score (nSPS) is 12.8. The summed E-state index contributed by atoms with van der Waals surface area (Å²) in [6.07, 6.45) is 0. The third-order valence-electron chi connectivity index (χ3n) is 4.79. The Labute approximate surface area is 178 Å². The van der Waals surface area contributed by atoms with E-state index in [1.54, 1.807) is 9.42 Å². The lowest BCUT2D eigenvalue weighted by Gasteiger charge is -2.18. The summed E-state index contributed by atoms with van der Waals surface area (Å²) in [6, 6.07) is 3.87. The summed E-state index contributed by atoms with van der Waals surface area (Å²) in [5.74, 6) is -0.547. The topological polar surface area (TPSA) is 85.8 Å². The van der Waals surface area contributed by atoms with E-state index < -0.39 is 5.82 Å². The molecule has 0 radical (unpaired) electrons. The van der Waals surface area contributed by atoms with E-state index in [2.05, 4.69) is 10.1 Å². The first-order chi connectivity index (χ1) is 13.4. The maximum atomic E-state index is 13.6. The second-order valence-electron chi connectivity index (χ2n) is 6.70. The van der Waals surface area contributed by atoms with Gasteiger partial charge in [-0.1, -0.05) is 11.6 Å². The molecule has 1 aliphatic heterocycles. The number of amides is 1. The van der Waals surface area contributed by atoms with Crippen molar-refractivity contribution in [3.8, 4) is 5.75 Å². The molecule has 2 aromatic heterocycles. The fourth-order valence-electron chi connectivity index (χ4n) is 3.39. The first kappa shape index (κ1) is 21.3. The van der Waals surface area contributed by atoms with Crippen LogP contribution in [0, 0.1) is 19.7 Å². The van der Waals surface area contributed by atoms with Gasteiger partial charge in [0.25, 0.3) is 5.91 Å². The molecule has 7 nitrogen and oxygen atoms in total. The van der Waals surface area contributed by atoms with Crippen LogP contribution < -0.4 is 10.5 Å². The van der Waals surface area contributed by atoms with Crippen molar-refractivity contribution in [1.82, 2.24) is 19.5 Å². The maximum absolute atomic E-state index is 13.6. The van der Waals surface area contributed by atoms with Crippen LogP contribution in [0.25, 0.3) is 5.65 Å². The van der Waals surface area contributed by atoms with Crippen LogP contribution >= 0.6 is 24.0 Å². The molecule has 0 bridgehead atoms. The zero-order chi connectivity index (χ0) is 20.0. The standard InChI is InChI=1S/C19H19ClFN5O2.ClH/c1-10-17(20)11(2)26-18(23-10)14-8-25(9-15(14)24-26)19(27)13-4-3-12(21)7-16(13)28-6-5-22;/h3-4,7H,5-6,8-9,22H2,1-2H3;1H. The third kappa shape index (κ3) is 3.63. The van der Waals surface area contributed by atoms with Crippen LogP contribution in [0.1, 0.15) is 33.0 Å². The van der Waals surface area contributed by atoms with Crippen molar-refractivity contribution in [1.29, 1.82) is 0 Å². The minimum Gasteiger partial charge on any atom is -0.491 e. The lowest BCUT2D eigenvalue weighted by molar-refractivity contribution is 0.0745. The molecule has 1 aromatic carbocycles. The Morgan fingerprint density at radius 3 is 2.83 bits per heavy atom. The summed E-state index contributed by atoms with van der Waals surface area (Å²) in [5.41, 5.74) is 9.64. The Hall–Kier alpha value is -2.42. The van der Waals surface area contributed by atoms with Gasteiger partial charge in [0.15, 0.2) is 5.65 Å². The van der Waals surface area contributed by atoms with Gasteiger partial charge in [0.2, 0.25) is 0 Å². The summed E-state index contributed by atoms with van der Waals surface area (Å²) in [6.45, 7) is 4.88. The predicted octanol–water partition coefficient (Wildman–Crippen LogP) is 3.05. The van der Waals surface area contributed by atoms with Gasteiger partial charge in [-0.05, 0) is 26.0 Å². The number of carbonyl (C=O) groups excluding carboxylic acids is 1. The van der Waals surface area contributed by atoms with Crippen LogP contribution in [0.15, 0.2) is 18.2 Å². The smallest absolute Gasteiger partial charge is 0.258 e. The average Bonchev–Trinajstić information content (AvgIpc) is 3.23. The van der Waals surface area contributed by atoms with Crippen LogP contribution in [-0.4, -0.2) is 38.6 Å². The van der Waals surface area contributed by atoms with Gasteiger partial charge in [-0.25, -0.2) is 13.9 Å². The molecule has 2 N–H and O–H groups in total. The largest absolute Gasteiger partial charge is 0.491 e. The molecule has 154 valence electrons. The van der Waals surface area contributed by atoms with Crippen molar-refractivity contribution >= 4 is 35.6 Å². The van der Waals surface area contributed by atoms with Gasteiger partial charge >= 0.3 is 0 Å². The van der Waals surface area contributed by atoms with E-state index in [1.807, 2.05) is 13.8 Å². The van der Waals surface area contributed by atoms with Crippen molar-refractivity contribution in [3.05, 3.63) is 57.2 Å². The highest BCUT2D eigenvalue weighted by molar-refractivity contribution is 6.31. The molecule has 0 saturated heterocycles. The highest BCUT2D eigenvalue weighted by atomic mass is 35.5. The molecule has 0 atom stereocenters. The number of halogens is 3. The molecule has 0 spiro atoms. The molecule has 0 fully saturated rings. The molecule has 0 unspecified atom stereocenters. The molecular formula is C19H20Cl2FN5O2. The van der Waals surface area contributed by atoms with Gasteiger partial charge < -0.3 is 15.4 Å². The first-order valence-electron chi connectivity index (χ1n) is 8.85. The van der Waals surface area contributed by atoms with E-state index in [1.165, 1.54) is 18.2 Å². The molecule has 1 amide bonds. The van der Waals surface area contributed by atoms with E-state index in [9.17, 15) is 9.18 Å². The number of nitrogens with two attached hydrogens (primary N) is 1. The van der Waals surface area contributed by atoms with Crippen LogP contribution in [-0.2, 0) is 13.1 Å². The van der Waals surface area contributed by atoms with Crippen molar-refractivity contribution in [2.75, 3.05) is 13.2 Å². The monoisotopic (exact) mass is 439 g/mol. The molecular weight excluding hydrogens is 420 g/mol. The highest BCUT2D eigenvalue weighted by Gasteiger charge is 2.31. The molecule has 0 saturated carbocycles. The number of hydrogen-bond donors (Lipinski definition) is 1. The molecule has 3 heterocycles. The molecule has 10 heteroatoms. The minimum absolute atomic E-state index is 0. The van der Waals surface area contributed by atoms with Crippen LogP contribution in [0.5, 0.6) is 5.75 Å². The Bertz CT molecular complexity index is 1100. The van der Waals surface area contributed by atoms with E-state index in [0.29, 0.717) is 29.3 Å². The van der Waals surface area contributed by atoms with E-state index in [-0.39, 0.29) is 37.2 Å². The quantitative estimate of drug-likeness (QED) is 0.674. The number of aryl methyl sites for hydroxylation is 2. The Morgan fingerprint density at radius 1 is 1.34 bits per heavy atom. The van der Waals surface area contributed by atoms with Crippen molar-refractivity contribution in [2.45, 2.75) is 26.9 Å². The Morgan fingerprint density at radius 2 is 2.10 bits per heavy atom. The van der Waals surface area contributed by atoms with Crippen LogP contribution in [0.3, 0.4) is 0 Å². The zero-order valence-electron chi connectivity index (χ0n) is 15.9. The second kappa shape index (κ2) is 8.14. The average molecular weight is 440 g/mol. The number of aromatic nitrogens is 3. The molecule has 4 rings (SSSR count). The number of ether oxygens (including phenoxy) is 1. The fourth-order valence-corrected chi connectivity index (χ4v) is 3.51. The first-order valence-corrected chi connectivity index (χ1v) is 9.23. The van der Waals surface area contributed by atoms with Gasteiger partial charge in [0, 0.05) is 18.2 Å². The van der Waals surface area contributed by atoms with Crippen molar-refractivity contribution < 1.29 is 13.9 Å². The van der Waals surface area contributed by atoms with E-state index in [4.69, 9.17) is 22.1 Å². The van der Waals surface area contributed by atoms with E-state index >= 15 is 0 Å². The van der Waals surface area contributed by atoms with Crippen molar-refractivity contribution in [2.24, 2.45) is 5.73 Å². The van der Waals surface area contributed by atoms with E-state index in [0.717, 1.165) is 22.6 Å². The minimum atomic E-state index is -0.474. The predicted molar refractivity (Wildman–Crippen MR) is 109 cm³/mol. The maximum Gasteiger partial charge on any atom is 0.258 e. The Kier molecular flexibility index (Phi) is 5.97. The molecule has 0 aliphatic carbocycles. The molecule has 1 aliphatic rings. The van der Waals surface area contributed by atoms with Crippen LogP contribution in [0.4, 0.5) is 4.39 Å².